The summed E-state index contributed by atoms with van der Waals surface area (Å²) in [6, 6.07) is 0. The van der Waals surface area contributed by atoms with Crippen molar-refractivity contribution in [3.05, 3.63) is 0 Å². The zero-order chi connectivity index (χ0) is 13.5. The van der Waals surface area contributed by atoms with Gasteiger partial charge in [0.05, 0.1) is 0 Å². The average Bonchev–Trinajstić information content (AvgIpc) is 2.22. The minimum atomic E-state index is -0.0707. The van der Waals surface area contributed by atoms with E-state index in [1.54, 1.807) is 0 Å². The summed E-state index contributed by atoms with van der Waals surface area (Å²) < 4.78 is 0. The van der Waals surface area contributed by atoms with E-state index in [1.807, 2.05) is 0 Å². The predicted octanol–water partition coefficient (Wildman–Crippen LogP) is 2.75. The SMILES string of the molecule is CC(C)C1C(=O)NC(=O)CC12CCC(C)C(C)C2. The van der Waals surface area contributed by atoms with E-state index in [-0.39, 0.29) is 23.1 Å². The van der Waals surface area contributed by atoms with Crippen LogP contribution < -0.4 is 5.32 Å². The molecule has 102 valence electrons. The lowest BCUT2D eigenvalue weighted by Crippen LogP contribution is -2.55. The summed E-state index contributed by atoms with van der Waals surface area (Å²) in [5, 5.41) is 2.53. The number of rotatable bonds is 1. The lowest BCUT2D eigenvalue weighted by Gasteiger charge is -2.50. The zero-order valence-corrected chi connectivity index (χ0v) is 12.0. The molecule has 0 aromatic rings. The number of amides is 2. The van der Waals surface area contributed by atoms with Gasteiger partial charge in [0.2, 0.25) is 11.8 Å². The molecule has 2 aliphatic rings. The Morgan fingerprint density at radius 3 is 2.44 bits per heavy atom. The lowest BCUT2D eigenvalue weighted by atomic mass is 9.55. The van der Waals surface area contributed by atoms with Crippen molar-refractivity contribution in [2.75, 3.05) is 0 Å². The average molecular weight is 251 g/mol. The van der Waals surface area contributed by atoms with Gasteiger partial charge in [-0.1, -0.05) is 27.7 Å². The molecule has 0 bridgehead atoms. The Morgan fingerprint density at radius 2 is 1.89 bits per heavy atom. The molecular formula is C15H25NO2. The fraction of sp³-hybridized carbons (Fsp3) is 0.867. The van der Waals surface area contributed by atoms with Gasteiger partial charge >= 0.3 is 0 Å². The van der Waals surface area contributed by atoms with Crippen molar-refractivity contribution in [1.29, 1.82) is 0 Å². The number of carbonyl (C=O) groups is 2. The van der Waals surface area contributed by atoms with E-state index in [9.17, 15) is 9.59 Å². The van der Waals surface area contributed by atoms with Crippen LogP contribution in [0.3, 0.4) is 0 Å². The van der Waals surface area contributed by atoms with Crippen LogP contribution >= 0.6 is 0 Å². The molecule has 0 radical (unpaired) electrons. The molecule has 2 amide bonds. The highest BCUT2D eigenvalue weighted by atomic mass is 16.2. The summed E-state index contributed by atoms with van der Waals surface area (Å²) in [6.07, 6.45) is 3.74. The van der Waals surface area contributed by atoms with Gasteiger partial charge in [0, 0.05) is 12.3 Å². The molecule has 4 atom stereocenters. The second-order valence-corrected chi connectivity index (χ2v) is 6.87. The van der Waals surface area contributed by atoms with Crippen molar-refractivity contribution in [2.45, 2.75) is 53.4 Å². The van der Waals surface area contributed by atoms with Crippen LogP contribution in [0.25, 0.3) is 0 Å². The topological polar surface area (TPSA) is 46.2 Å². The molecule has 1 saturated heterocycles. The molecule has 0 aromatic heterocycles. The predicted molar refractivity (Wildman–Crippen MR) is 70.7 cm³/mol. The Balaban J connectivity index is 2.31. The lowest BCUT2D eigenvalue weighted by molar-refractivity contribution is -0.149. The molecule has 1 aliphatic carbocycles. The minimum absolute atomic E-state index is 0.00477. The van der Waals surface area contributed by atoms with Gasteiger partial charge in [-0.05, 0) is 42.4 Å². The van der Waals surface area contributed by atoms with E-state index in [4.69, 9.17) is 0 Å². The maximum absolute atomic E-state index is 12.2. The van der Waals surface area contributed by atoms with Gasteiger partial charge in [0.25, 0.3) is 0 Å². The minimum Gasteiger partial charge on any atom is -0.296 e. The van der Waals surface area contributed by atoms with Crippen LogP contribution in [0.4, 0.5) is 0 Å². The molecule has 4 unspecified atom stereocenters. The highest BCUT2D eigenvalue weighted by Crippen LogP contribution is 2.52. The molecule has 1 aliphatic heterocycles. The number of hydrogen-bond acceptors (Lipinski definition) is 2. The second-order valence-electron chi connectivity index (χ2n) is 6.87. The standard InChI is InChI=1S/C15H25NO2/c1-9(2)13-14(18)16-12(17)8-15(13)6-5-10(3)11(4)7-15/h9-11,13H,5-8H2,1-4H3,(H,16,17,18). The van der Waals surface area contributed by atoms with E-state index in [0.29, 0.717) is 24.2 Å². The molecule has 2 fully saturated rings. The first-order chi connectivity index (χ1) is 8.35. The van der Waals surface area contributed by atoms with E-state index in [2.05, 4.69) is 33.0 Å². The van der Waals surface area contributed by atoms with Gasteiger partial charge in [0.15, 0.2) is 0 Å². The highest BCUT2D eigenvalue weighted by molar-refractivity contribution is 5.99. The first-order valence-electron chi connectivity index (χ1n) is 7.19. The van der Waals surface area contributed by atoms with Crippen LogP contribution in [-0.4, -0.2) is 11.8 Å². The summed E-state index contributed by atoms with van der Waals surface area (Å²) in [5.41, 5.74) is -0.0699. The monoisotopic (exact) mass is 251 g/mol. The van der Waals surface area contributed by atoms with E-state index in [1.165, 1.54) is 0 Å². The molecule has 2 rings (SSSR count). The molecule has 0 aromatic carbocycles. The third-order valence-corrected chi connectivity index (χ3v) is 5.18. The molecule has 3 nitrogen and oxygen atoms in total. The third kappa shape index (κ3) is 2.19. The highest BCUT2D eigenvalue weighted by Gasteiger charge is 2.51. The first-order valence-corrected chi connectivity index (χ1v) is 7.19. The molecule has 3 heteroatoms. The number of carbonyl (C=O) groups excluding carboxylic acids is 2. The van der Waals surface area contributed by atoms with Crippen molar-refractivity contribution in [3.63, 3.8) is 0 Å². The van der Waals surface area contributed by atoms with Crippen LogP contribution in [0.2, 0.25) is 0 Å². The van der Waals surface area contributed by atoms with Crippen LogP contribution in [0.5, 0.6) is 0 Å². The Kier molecular flexibility index (Phi) is 3.52. The normalized spacial score (nSPS) is 41.3. The number of nitrogens with one attached hydrogen (secondary N) is 1. The van der Waals surface area contributed by atoms with Gasteiger partial charge in [-0.3, -0.25) is 14.9 Å². The molecule has 18 heavy (non-hydrogen) atoms. The molecule has 1 N–H and O–H groups in total. The van der Waals surface area contributed by atoms with E-state index >= 15 is 0 Å². The Hall–Kier alpha value is -0.860. The first kappa shape index (κ1) is 13.6. The van der Waals surface area contributed by atoms with Crippen LogP contribution in [0.1, 0.15) is 53.4 Å². The van der Waals surface area contributed by atoms with Gasteiger partial charge in [-0.2, -0.15) is 0 Å². The van der Waals surface area contributed by atoms with E-state index in [0.717, 1.165) is 19.3 Å². The maximum Gasteiger partial charge on any atom is 0.230 e. The van der Waals surface area contributed by atoms with Gasteiger partial charge < -0.3 is 0 Å². The molecule has 1 spiro atoms. The van der Waals surface area contributed by atoms with Gasteiger partial charge in [-0.15, -0.1) is 0 Å². The molecular weight excluding hydrogens is 226 g/mol. The van der Waals surface area contributed by atoms with Crippen LogP contribution in [0.15, 0.2) is 0 Å². The fourth-order valence-corrected chi connectivity index (χ4v) is 4.16. The van der Waals surface area contributed by atoms with E-state index < -0.39 is 0 Å². The third-order valence-electron chi connectivity index (χ3n) is 5.18. The summed E-state index contributed by atoms with van der Waals surface area (Å²) in [7, 11) is 0. The fourth-order valence-electron chi connectivity index (χ4n) is 4.16. The zero-order valence-electron chi connectivity index (χ0n) is 12.0. The summed E-state index contributed by atoms with van der Waals surface area (Å²) >= 11 is 0. The number of hydrogen-bond donors (Lipinski definition) is 1. The van der Waals surface area contributed by atoms with Gasteiger partial charge in [0.1, 0.15) is 0 Å². The van der Waals surface area contributed by atoms with Gasteiger partial charge in [-0.25, -0.2) is 0 Å². The Labute approximate surface area is 110 Å². The van der Waals surface area contributed by atoms with Crippen molar-refractivity contribution in [1.82, 2.24) is 5.32 Å². The number of imide groups is 1. The van der Waals surface area contributed by atoms with Crippen molar-refractivity contribution >= 4 is 11.8 Å². The van der Waals surface area contributed by atoms with Crippen LogP contribution in [-0.2, 0) is 9.59 Å². The second kappa shape index (κ2) is 4.67. The van der Waals surface area contributed by atoms with Crippen molar-refractivity contribution in [2.24, 2.45) is 29.1 Å². The Morgan fingerprint density at radius 1 is 1.22 bits per heavy atom. The van der Waals surface area contributed by atoms with Crippen LogP contribution in [0, 0.1) is 29.1 Å². The molecule has 1 saturated carbocycles. The smallest absolute Gasteiger partial charge is 0.230 e. The summed E-state index contributed by atoms with van der Waals surface area (Å²) in [4.78, 5) is 23.9. The number of piperidine rings is 1. The van der Waals surface area contributed by atoms with Crippen molar-refractivity contribution < 1.29 is 9.59 Å². The largest absolute Gasteiger partial charge is 0.296 e. The molecule has 1 heterocycles. The quantitative estimate of drug-likeness (QED) is 0.728. The summed E-state index contributed by atoms with van der Waals surface area (Å²) in [6.45, 7) is 8.75. The van der Waals surface area contributed by atoms with Crippen molar-refractivity contribution in [3.8, 4) is 0 Å². The summed E-state index contributed by atoms with van der Waals surface area (Å²) in [5.74, 6) is 1.52. The maximum atomic E-state index is 12.2. The Bertz CT molecular complexity index is 364.